The van der Waals surface area contributed by atoms with E-state index in [1.165, 1.54) is 0 Å². The zero-order chi connectivity index (χ0) is 16.6. The van der Waals surface area contributed by atoms with Crippen molar-refractivity contribution in [3.05, 3.63) is 41.2 Å². The Morgan fingerprint density at radius 2 is 2.09 bits per heavy atom. The van der Waals surface area contributed by atoms with Crippen LogP contribution in [0.25, 0.3) is 0 Å². The van der Waals surface area contributed by atoms with Crippen molar-refractivity contribution < 1.29 is 9.53 Å². The van der Waals surface area contributed by atoms with Gasteiger partial charge in [-0.25, -0.2) is 4.79 Å². The van der Waals surface area contributed by atoms with Gasteiger partial charge in [0.1, 0.15) is 12.4 Å². The molecule has 23 heavy (non-hydrogen) atoms. The van der Waals surface area contributed by atoms with Crippen LogP contribution in [0.3, 0.4) is 0 Å². The second-order valence-electron chi connectivity index (χ2n) is 6.00. The van der Waals surface area contributed by atoms with E-state index < -0.39 is 0 Å². The van der Waals surface area contributed by atoms with Crippen molar-refractivity contribution >= 4 is 11.7 Å². The zero-order valence-electron chi connectivity index (χ0n) is 14.0. The van der Waals surface area contributed by atoms with Gasteiger partial charge in [0.15, 0.2) is 0 Å². The Morgan fingerprint density at radius 1 is 1.35 bits per heavy atom. The van der Waals surface area contributed by atoms with Crippen LogP contribution in [-0.2, 0) is 13.6 Å². The summed E-state index contributed by atoms with van der Waals surface area (Å²) in [7, 11) is 1.87. The minimum Gasteiger partial charge on any atom is -0.491 e. The number of nitrogens with one attached hydrogen (secondary N) is 1. The number of fused-ring (bicyclic) bond motifs is 1. The Kier molecular flexibility index (Phi) is 3.98. The number of urea groups is 1. The fourth-order valence-corrected chi connectivity index (χ4v) is 2.82. The van der Waals surface area contributed by atoms with Crippen LogP contribution in [0.4, 0.5) is 10.5 Å². The summed E-state index contributed by atoms with van der Waals surface area (Å²) >= 11 is 0. The van der Waals surface area contributed by atoms with E-state index in [0.717, 1.165) is 28.4 Å². The number of benzene rings is 1. The monoisotopic (exact) mass is 314 g/mol. The van der Waals surface area contributed by atoms with Crippen LogP contribution in [0, 0.1) is 13.8 Å². The van der Waals surface area contributed by atoms with E-state index in [0.29, 0.717) is 13.2 Å². The van der Waals surface area contributed by atoms with Gasteiger partial charge in [-0.1, -0.05) is 18.2 Å². The molecule has 6 nitrogen and oxygen atoms in total. The van der Waals surface area contributed by atoms with Crippen molar-refractivity contribution in [2.24, 2.45) is 7.05 Å². The highest BCUT2D eigenvalue weighted by Gasteiger charge is 2.26. The summed E-state index contributed by atoms with van der Waals surface area (Å²) in [5.41, 5.74) is 3.56. The predicted octanol–water partition coefficient (Wildman–Crippen LogP) is 2.85. The molecular formula is C17H22N4O2. The number of carbonyl (C=O) groups is 1. The molecule has 0 saturated carbocycles. The summed E-state index contributed by atoms with van der Waals surface area (Å²) in [5, 5.41) is 7.35. The molecule has 1 aliphatic heterocycles. The van der Waals surface area contributed by atoms with Gasteiger partial charge in [-0.05, 0) is 26.8 Å². The first-order valence-electron chi connectivity index (χ1n) is 7.76. The summed E-state index contributed by atoms with van der Waals surface area (Å²) in [4.78, 5) is 14.6. The largest absolute Gasteiger partial charge is 0.491 e. The number of amides is 2. The van der Waals surface area contributed by atoms with Crippen LogP contribution >= 0.6 is 0 Å². The fraction of sp³-hybridized carbons (Fsp3) is 0.412. The lowest BCUT2D eigenvalue weighted by Gasteiger charge is -2.26. The molecular weight excluding hydrogens is 292 g/mol. The van der Waals surface area contributed by atoms with E-state index >= 15 is 0 Å². The van der Waals surface area contributed by atoms with Gasteiger partial charge in [-0.15, -0.1) is 0 Å². The molecule has 1 unspecified atom stereocenters. The standard InChI is InChI=1S/C17H22N4O2/c1-11-10-23-15-8-6-5-7-14(15)9-21(11)17(22)18-16-12(2)19-20(4)13(16)3/h5-8,11H,9-10H2,1-4H3,(H,18,22). The van der Waals surface area contributed by atoms with Crippen LogP contribution in [0.15, 0.2) is 24.3 Å². The molecule has 2 amide bonds. The maximum absolute atomic E-state index is 12.8. The number of nitrogens with zero attached hydrogens (tertiary/aromatic N) is 3. The van der Waals surface area contributed by atoms with Crippen molar-refractivity contribution in [2.45, 2.75) is 33.4 Å². The molecule has 0 aliphatic carbocycles. The van der Waals surface area contributed by atoms with Crippen molar-refractivity contribution in [1.82, 2.24) is 14.7 Å². The van der Waals surface area contributed by atoms with Crippen LogP contribution in [0.2, 0.25) is 0 Å². The summed E-state index contributed by atoms with van der Waals surface area (Å²) in [6, 6.07) is 7.70. The van der Waals surface area contributed by atoms with Crippen LogP contribution in [0.1, 0.15) is 23.9 Å². The molecule has 0 spiro atoms. The van der Waals surface area contributed by atoms with Crippen LogP contribution < -0.4 is 10.1 Å². The van der Waals surface area contributed by atoms with Gasteiger partial charge < -0.3 is 15.0 Å². The third kappa shape index (κ3) is 2.88. The second-order valence-corrected chi connectivity index (χ2v) is 6.00. The molecule has 1 aromatic carbocycles. The normalized spacial score (nSPS) is 17.2. The van der Waals surface area contributed by atoms with Crippen molar-refractivity contribution in [2.75, 3.05) is 11.9 Å². The molecule has 0 saturated heterocycles. The Balaban J connectivity index is 1.83. The highest BCUT2D eigenvalue weighted by molar-refractivity contribution is 5.90. The van der Waals surface area contributed by atoms with E-state index in [4.69, 9.17) is 4.74 Å². The number of rotatable bonds is 1. The second kappa shape index (κ2) is 5.95. The molecule has 6 heteroatoms. The van der Waals surface area contributed by atoms with Crippen molar-refractivity contribution in [3.8, 4) is 5.75 Å². The van der Waals surface area contributed by atoms with Crippen LogP contribution in [-0.4, -0.2) is 33.4 Å². The third-order valence-electron chi connectivity index (χ3n) is 4.33. The third-order valence-corrected chi connectivity index (χ3v) is 4.33. The maximum atomic E-state index is 12.8. The first-order chi connectivity index (χ1) is 11.0. The molecule has 122 valence electrons. The van der Waals surface area contributed by atoms with Gasteiger partial charge in [0.25, 0.3) is 0 Å². The number of carbonyl (C=O) groups excluding carboxylic acids is 1. The van der Waals surface area contributed by atoms with E-state index in [1.807, 2.05) is 52.1 Å². The lowest BCUT2D eigenvalue weighted by Crippen LogP contribution is -2.42. The molecule has 1 aliphatic rings. The minimum atomic E-state index is -0.128. The average molecular weight is 314 g/mol. The average Bonchev–Trinajstić information content (AvgIpc) is 2.70. The SMILES string of the molecule is Cc1nn(C)c(C)c1NC(=O)N1Cc2ccccc2OCC1C. The van der Waals surface area contributed by atoms with Gasteiger partial charge in [0.2, 0.25) is 0 Å². The highest BCUT2D eigenvalue weighted by Crippen LogP contribution is 2.26. The fourth-order valence-electron chi connectivity index (χ4n) is 2.82. The number of aromatic nitrogens is 2. The summed E-state index contributed by atoms with van der Waals surface area (Å²) < 4.78 is 7.58. The topological polar surface area (TPSA) is 59.4 Å². The first-order valence-corrected chi connectivity index (χ1v) is 7.76. The molecule has 2 heterocycles. The number of aryl methyl sites for hydroxylation is 2. The number of para-hydroxylation sites is 1. The van der Waals surface area contributed by atoms with E-state index in [-0.39, 0.29) is 12.1 Å². The number of anilines is 1. The number of hydrogen-bond donors (Lipinski definition) is 1. The molecule has 2 aromatic rings. The molecule has 1 atom stereocenters. The Hall–Kier alpha value is -2.50. The van der Waals surface area contributed by atoms with Gasteiger partial charge >= 0.3 is 6.03 Å². The van der Waals surface area contributed by atoms with Crippen molar-refractivity contribution in [1.29, 1.82) is 0 Å². The molecule has 0 bridgehead atoms. The highest BCUT2D eigenvalue weighted by atomic mass is 16.5. The van der Waals surface area contributed by atoms with Crippen LogP contribution in [0.5, 0.6) is 5.75 Å². The first kappa shape index (κ1) is 15.4. The van der Waals surface area contributed by atoms with Crippen molar-refractivity contribution in [3.63, 3.8) is 0 Å². The smallest absolute Gasteiger partial charge is 0.322 e. The molecule has 1 aromatic heterocycles. The van der Waals surface area contributed by atoms with Gasteiger partial charge in [0, 0.05) is 12.6 Å². The summed E-state index contributed by atoms with van der Waals surface area (Å²) in [6.07, 6.45) is 0. The van der Waals surface area contributed by atoms with Gasteiger partial charge in [-0.2, -0.15) is 5.10 Å². The maximum Gasteiger partial charge on any atom is 0.322 e. The number of hydrogen-bond acceptors (Lipinski definition) is 3. The quantitative estimate of drug-likeness (QED) is 0.880. The van der Waals surface area contributed by atoms with Gasteiger partial charge in [-0.3, -0.25) is 4.68 Å². The molecule has 0 fully saturated rings. The van der Waals surface area contributed by atoms with E-state index in [9.17, 15) is 4.79 Å². The number of ether oxygens (including phenoxy) is 1. The Labute approximate surface area is 136 Å². The lowest BCUT2D eigenvalue weighted by molar-refractivity contribution is 0.168. The van der Waals surface area contributed by atoms with E-state index in [1.54, 1.807) is 9.58 Å². The van der Waals surface area contributed by atoms with Gasteiger partial charge in [0.05, 0.1) is 29.7 Å². The summed E-state index contributed by atoms with van der Waals surface area (Å²) in [5.74, 6) is 0.850. The predicted molar refractivity (Wildman–Crippen MR) is 88.6 cm³/mol. The zero-order valence-corrected chi connectivity index (χ0v) is 14.0. The molecule has 1 N–H and O–H groups in total. The summed E-state index contributed by atoms with van der Waals surface area (Å²) in [6.45, 7) is 6.85. The minimum absolute atomic E-state index is 0.0142. The molecule has 3 rings (SSSR count). The molecule has 0 radical (unpaired) electrons. The Morgan fingerprint density at radius 3 is 2.78 bits per heavy atom. The lowest BCUT2D eigenvalue weighted by atomic mass is 10.2. The van der Waals surface area contributed by atoms with E-state index in [2.05, 4.69) is 10.4 Å². The Bertz CT molecular complexity index is 738.